The molecule has 0 bridgehead atoms. The lowest BCUT2D eigenvalue weighted by molar-refractivity contribution is -0.129. The van der Waals surface area contributed by atoms with Crippen molar-refractivity contribution in [3.05, 3.63) is 11.6 Å². The van der Waals surface area contributed by atoms with Crippen LogP contribution in [0.2, 0.25) is 0 Å². The number of rotatable bonds is 3. The molecular weight excluding hydrogens is 209 g/mol. The summed E-state index contributed by atoms with van der Waals surface area (Å²) in [5.41, 5.74) is 5.56. The number of alkyl halides is 3. The third-order valence-corrected chi connectivity index (χ3v) is 1.94. The van der Waals surface area contributed by atoms with Crippen molar-refractivity contribution in [1.82, 2.24) is 14.8 Å². The average molecular weight is 222 g/mol. The smallest absolute Gasteiger partial charge is 0.322 e. The first-order valence-corrected chi connectivity index (χ1v) is 4.59. The molecule has 0 aromatic carbocycles. The SMILES string of the molecule is CCn1c(CC(F)(F)F)nnc1C(C)N. The molecule has 1 unspecified atom stereocenters. The second-order valence-corrected chi connectivity index (χ2v) is 3.30. The normalized spacial score (nSPS) is 14.3. The fourth-order valence-corrected chi connectivity index (χ4v) is 1.34. The van der Waals surface area contributed by atoms with E-state index in [0.29, 0.717) is 12.4 Å². The van der Waals surface area contributed by atoms with Gasteiger partial charge in [0.1, 0.15) is 18.1 Å². The van der Waals surface area contributed by atoms with Gasteiger partial charge in [0, 0.05) is 6.54 Å². The maximum atomic E-state index is 12.2. The van der Waals surface area contributed by atoms with Crippen LogP contribution in [-0.2, 0) is 13.0 Å². The van der Waals surface area contributed by atoms with Gasteiger partial charge in [-0.1, -0.05) is 0 Å². The Hall–Kier alpha value is -1.11. The third-order valence-electron chi connectivity index (χ3n) is 1.94. The first kappa shape index (κ1) is 12.0. The molecule has 1 atom stereocenters. The summed E-state index contributed by atoms with van der Waals surface area (Å²) in [5.74, 6) is 0.300. The largest absolute Gasteiger partial charge is 0.396 e. The van der Waals surface area contributed by atoms with Gasteiger partial charge >= 0.3 is 6.18 Å². The Morgan fingerprint density at radius 1 is 1.40 bits per heavy atom. The van der Waals surface area contributed by atoms with Crippen LogP contribution in [0.15, 0.2) is 0 Å². The Balaban J connectivity index is 2.99. The zero-order valence-electron chi connectivity index (χ0n) is 8.54. The lowest BCUT2D eigenvalue weighted by atomic mass is 10.3. The van der Waals surface area contributed by atoms with Gasteiger partial charge in [0.05, 0.1) is 6.04 Å². The molecule has 0 aliphatic heterocycles. The van der Waals surface area contributed by atoms with Crippen LogP contribution in [0.3, 0.4) is 0 Å². The molecule has 1 rings (SSSR count). The predicted octanol–water partition coefficient (Wildman–Crippen LogP) is 1.42. The molecule has 86 valence electrons. The minimum absolute atomic E-state index is 0.0858. The van der Waals surface area contributed by atoms with E-state index in [0.717, 1.165) is 0 Å². The topological polar surface area (TPSA) is 56.7 Å². The van der Waals surface area contributed by atoms with E-state index >= 15 is 0 Å². The zero-order valence-corrected chi connectivity index (χ0v) is 8.54. The van der Waals surface area contributed by atoms with Crippen LogP contribution in [0.25, 0.3) is 0 Å². The quantitative estimate of drug-likeness (QED) is 0.841. The van der Waals surface area contributed by atoms with Gasteiger partial charge in [-0.15, -0.1) is 10.2 Å². The minimum Gasteiger partial charge on any atom is -0.322 e. The Bertz CT molecular complexity index is 329. The first-order chi connectivity index (χ1) is 6.85. The first-order valence-electron chi connectivity index (χ1n) is 4.59. The zero-order chi connectivity index (χ0) is 11.6. The highest BCUT2D eigenvalue weighted by molar-refractivity contribution is 5.00. The fraction of sp³-hybridized carbons (Fsp3) is 0.750. The molecule has 0 spiro atoms. The predicted molar refractivity (Wildman–Crippen MR) is 48.1 cm³/mol. The van der Waals surface area contributed by atoms with Crippen molar-refractivity contribution < 1.29 is 13.2 Å². The number of aromatic nitrogens is 3. The number of hydrogen-bond donors (Lipinski definition) is 1. The van der Waals surface area contributed by atoms with E-state index in [1.165, 1.54) is 4.57 Å². The summed E-state index contributed by atoms with van der Waals surface area (Å²) in [4.78, 5) is 0. The summed E-state index contributed by atoms with van der Waals surface area (Å²) in [7, 11) is 0. The molecule has 15 heavy (non-hydrogen) atoms. The molecule has 2 N–H and O–H groups in total. The molecule has 1 aromatic rings. The summed E-state index contributed by atoms with van der Waals surface area (Å²) >= 11 is 0. The summed E-state index contributed by atoms with van der Waals surface area (Å²) in [6, 6.07) is -0.417. The molecule has 0 fully saturated rings. The lowest BCUT2D eigenvalue weighted by Gasteiger charge is -2.10. The van der Waals surface area contributed by atoms with E-state index in [4.69, 9.17) is 5.73 Å². The van der Waals surface area contributed by atoms with E-state index in [9.17, 15) is 13.2 Å². The number of halogens is 3. The highest BCUT2D eigenvalue weighted by Crippen LogP contribution is 2.21. The van der Waals surface area contributed by atoms with E-state index in [-0.39, 0.29) is 5.82 Å². The summed E-state index contributed by atoms with van der Waals surface area (Å²) in [5, 5.41) is 7.17. The molecule has 7 heteroatoms. The second-order valence-electron chi connectivity index (χ2n) is 3.30. The Labute approximate surface area is 85.3 Å². The molecular formula is C8H13F3N4. The summed E-state index contributed by atoms with van der Waals surface area (Å²) < 4.78 is 37.9. The van der Waals surface area contributed by atoms with Gasteiger partial charge in [0.25, 0.3) is 0 Å². The molecule has 0 aliphatic rings. The summed E-state index contributed by atoms with van der Waals surface area (Å²) in [6.45, 7) is 3.78. The Morgan fingerprint density at radius 3 is 2.40 bits per heavy atom. The van der Waals surface area contributed by atoms with Crippen LogP contribution >= 0.6 is 0 Å². The van der Waals surface area contributed by atoms with Crippen LogP contribution in [0.4, 0.5) is 13.2 Å². The van der Waals surface area contributed by atoms with Gasteiger partial charge in [0.15, 0.2) is 0 Å². The fourth-order valence-electron chi connectivity index (χ4n) is 1.34. The van der Waals surface area contributed by atoms with Gasteiger partial charge in [-0.2, -0.15) is 13.2 Å². The van der Waals surface area contributed by atoms with Gasteiger partial charge in [-0.3, -0.25) is 0 Å². The molecule has 0 aliphatic carbocycles. The number of nitrogens with two attached hydrogens (primary N) is 1. The van der Waals surface area contributed by atoms with Crippen molar-refractivity contribution in [2.24, 2.45) is 5.73 Å². The van der Waals surface area contributed by atoms with Gasteiger partial charge in [0.2, 0.25) is 0 Å². The molecule has 0 radical (unpaired) electrons. The van der Waals surface area contributed by atoms with Crippen LogP contribution in [0, 0.1) is 0 Å². The average Bonchev–Trinajstić information content (AvgIpc) is 2.44. The lowest BCUT2D eigenvalue weighted by Crippen LogP contribution is -2.19. The van der Waals surface area contributed by atoms with Crippen molar-refractivity contribution in [2.45, 2.75) is 39.0 Å². The van der Waals surface area contributed by atoms with E-state index in [1.54, 1.807) is 13.8 Å². The van der Waals surface area contributed by atoms with Crippen LogP contribution in [0.1, 0.15) is 31.5 Å². The second kappa shape index (κ2) is 4.18. The van der Waals surface area contributed by atoms with E-state index in [1.807, 2.05) is 0 Å². The van der Waals surface area contributed by atoms with Crippen LogP contribution < -0.4 is 5.73 Å². The van der Waals surface area contributed by atoms with E-state index < -0.39 is 18.6 Å². The standard InChI is InChI=1S/C8H13F3N4/c1-3-15-6(4-8(9,10)11)13-14-7(15)5(2)12/h5H,3-4,12H2,1-2H3. The van der Waals surface area contributed by atoms with Crippen molar-refractivity contribution >= 4 is 0 Å². The van der Waals surface area contributed by atoms with Crippen LogP contribution in [0.5, 0.6) is 0 Å². The van der Waals surface area contributed by atoms with Crippen molar-refractivity contribution in [2.75, 3.05) is 0 Å². The maximum Gasteiger partial charge on any atom is 0.396 e. The minimum atomic E-state index is -4.27. The molecule has 0 saturated carbocycles. The maximum absolute atomic E-state index is 12.2. The highest BCUT2D eigenvalue weighted by atomic mass is 19.4. The van der Waals surface area contributed by atoms with Gasteiger partial charge in [-0.05, 0) is 13.8 Å². The number of nitrogens with zero attached hydrogens (tertiary/aromatic N) is 3. The highest BCUT2D eigenvalue weighted by Gasteiger charge is 2.31. The molecule has 0 saturated heterocycles. The molecule has 1 heterocycles. The molecule has 4 nitrogen and oxygen atoms in total. The Kier molecular flexibility index (Phi) is 3.33. The Morgan fingerprint density at radius 2 is 2.00 bits per heavy atom. The van der Waals surface area contributed by atoms with Crippen LogP contribution in [-0.4, -0.2) is 20.9 Å². The third kappa shape index (κ3) is 2.92. The van der Waals surface area contributed by atoms with Gasteiger partial charge in [-0.25, -0.2) is 0 Å². The number of hydrogen-bond acceptors (Lipinski definition) is 3. The van der Waals surface area contributed by atoms with Gasteiger partial charge < -0.3 is 10.3 Å². The van der Waals surface area contributed by atoms with Crippen molar-refractivity contribution in [3.8, 4) is 0 Å². The molecule has 1 aromatic heterocycles. The molecule has 0 amide bonds. The van der Waals surface area contributed by atoms with Crippen molar-refractivity contribution in [1.29, 1.82) is 0 Å². The monoisotopic (exact) mass is 222 g/mol. The van der Waals surface area contributed by atoms with Crippen molar-refractivity contribution in [3.63, 3.8) is 0 Å². The van der Waals surface area contributed by atoms with E-state index in [2.05, 4.69) is 10.2 Å². The summed E-state index contributed by atoms with van der Waals surface area (Å²) in [6.07, 6.45) is -5.34.